The number of aromatic nitrogens is 2. The van der Waals surface area contributed by atoms with E-state index in [4.69, 9.17) is 11.6 Å². The Labute approximate surface area is 185 Å². The van der Waals surface area contributed by atoms with Gasteiger partial charge in [0, 0.05) is 46.7 Å². The molecule has 0 radical (unpaired) electrons. The van der Waals surface area contributed by atoms with Crippen LogP contribution in [0, 0.1) is 6.92 Å². The molecule has 2 heterocycles. The number of pyridine rings is 1. The molecule has 0 bridgehead atoms. The van der Waals surface area contributed by atoms with Crippen molar-refractivity contribution in [1.29, 1.82) is 0 Å². The lowest BCUT2D eigenvalue weighted by Crippen LogP contribution is -2.36. The van der Waals surface area contributed by atoms with E-state index >= 15 is 0 Å². The first kappa shape index (κ1) is 20.6. The van der Waals surface area contributed by atoms with Crippen molar-refractivity contribution in [3.05, 3.63) is 94.9 Å². The van der Waals surface area contributed by atoms with Gasteiger partial charge in [0.05, 0.1) is 5.56 Å². The number of halogens is 1. The number of hydrogen-bond acceptors (Lipinski definition) is 3. The van der Waals surface area contributed by atoms with Crippen LogP contribution in [0.4, 0.5) is 5.69 Å². The standard InChI is InChI=1S/C24H22ClN5O/c1-16-20(25)8-4-10-21(16)29-24(30-23(31)18-6-5-12-26-14-18)27-13-11-17-15-28-22-9-3-2-7-19(17)22/h2-10,12,14-15,28H,11,13H2,1H3,(H2,27,29,30,31). The van der Waals surface area contributed by atoms with Gasteiger partial charge >= 0.3 is 0 Å². The molecular weight excluding hydrogens is 410 g/mol. The summed E-state index contributed by atoms with van der Waals surface area (Å²) in [5, 5.41) is 7.88. The molecule has 31 heavy (non-hydrogen) atoms. The van der Waals surface area contributed by atoms with Crippen molar-refractivity contribution in [1.82, 2.24) is 15.3 Å². The maximum atomic E-state index is 12.7. The quantitative estimate of drug-likeness (QED) is 0.308. The molecule has 7 heteroatoms. The summed E-state index contributed by atoms with van der Waals surface area (Å²) in [6.07, 6.45) is 5.87. The van der Waals surface area contributed by atoms with Crippen LogP contribution in [-0.2, 0) is 6.42 Å². The minimum Gasteiger partial charge on any atom is -0.361 e. The second-order valence-electron chi connectivity index (χ2n) is 7.07. The minimum absolute atomic E-state index is 0.286. The Hall–Kier alpha value is -3.64. The van der Waals surface area contributed by atoms with Crippen molar-refractivity contribution in [3.63, 3.8) is 0 Å². The molecule has 0 spiro atoms. The molecule has 156 valence electrons. The van der Waals surface area contributed by atoms with Gasteiger partial charge in [-0.1, -0.05) is 35.9 Å². The molecule has 3 N–H and O–H groups in total. The van der Waals surface area contributed by atoms with Crippen LogP contribution in [0.1, 0.15) is 21.5 Å². The number of H-pyrrole nitrogens is 1. The molecule has 4 rings (SSSR count). The summed E-state index contributed by atoms with van der Waals surface area (Å²) in [7, 11) is 0. The van der Waals surface area contributed by atoms with Crippen LogP contribution in [0.15, 0.2) is 78.2 Å². The number of hydrogen-bond donors (Lipinski definition) is 3. The highest BCUT2D eigenvalue weighted by Crippen LogP contribution is 2.23. The predicted octanol–water partition coefficient (Wildman–Crippen LogP) is 4.97. The Morgan fingerprint density at radius 1 is 1.13 bits per heavy atom. The fourth-order valence-electron chi connectivity index (χ4n) is 3.28. The lowest BCUT2D eigenvalue weighted by Gasteiger charge is -2.14. The number of amides is 1. The average molecular weight is 432 g/mol. The van der Waals surface area contributed by atoms with Gasteiger partial charge in [-0.2, -0.15) is 0 Å². The highest BCUT2D eigenvalue weighted by Gasteiger charge is 2.11. The highest BCUT2D eigenvalue weighted by atomic mass is 35.5. The number of aliphatic imine (C=N–C) groups is 1. The van der Waals surface area contributed by atoms with E-state index in [-0.39, 0.29) is 5.91 Å². The van der Waals surface area contributed by atoms with Crippen LogP contribution < -0.4 is 10.6 Å². The number of aromatic amines is 1. The van der Waals surface area contributed by atoms with Gasteiger partial charge in [-0.05, 0) is 54.8 Å². The Balaban J connectivity index is 1.54. The number of guanidine groups is 1. The third-order valence-corrected chi connectivity index (χ3v) is 5.41. The van der Waals surface area contributed by atoms with Gasteiger partial charge in [0.2, 0.25) is 5.96 Å². The summed E-state index contributed by atoms with van der Waals surface area (Å²) in [6, 6.07) is 17.2. The molecule has 0 saturated carbocycles. The van der Waals surface area contributed by atoms with Crippen LogP contribution in [-0.4, -0.2) is 28.4 Å². The normalized spacial score (nSPS) is 11.5. The van der Waals surface area contributed by atoms with Crippen LogP contribution in [0.2, 0.25) is 5.02 Å². The predicted molar refractivity (Wildman–Crippen MR) is 126 cm³/mol. The van der Waals surface area contributed by atoms with Crippen molar-refractivity contribution in [2.75, 3.05) is 11.9 Å². The molecule has 2 aromatic carbocycles. The molecular formula is C24H22ClN5O. The molecule has 4 aromatic rings. The number of fused-ring (bicyclic) bond motifs is 1. The molecule has 2 aromatic heterocycles. The van der Waals surface area contributed by atoms with Gasteiger partial charge in [0.15, 0.2) is 0 Å². The monoisotopic (exact) mass is 431 g/mol. The maximum Gasteiger partial charge on any atom is 0.259 e. The molecule has 0 aliphatic heterocycles. The molecule has 0 atom stereocenters. The summed E-state index contributed by atoms with van der Waals surface area (Å²) in [6.45, 7) is 2.41. The van der Waals surface area contributed by atoms with Crippen LogP contribution in [0.5, 0.6) is 0 Å². The summed E-state index contributed by atoms with van der Waals surface area (Å²) >= 11 is 6.25. The van der Waals surface area contributed by atoms with Crippen molar-refractivity contribution in [3.8, 4) is 0 Å². The molecule has 0 unspecified atom stereocenters. The van der Waals surface area contributed by atoms with Crippen LogP contribution >= 0.6 is 11.6 Å². The van der Waals surface area contributed by atoms with Gasteiger partial charge in [-0.25, -0.2) is 0 Å². The number of rotatable bonds is 5. The zero-order valence-corrected chi connectivity index (χ0v) is 17.8. The molecule has 0 aliphatic rings. The number of anilines is 1. The number of nitrogens with one attached hydrogen (secondary N) is 3. The van der Waals surface area contributed by atoms with E-state index in [1.807, 2.05) is 49.5 Å². The third-order valence-electron chi connectivity index (χ3n) is 5.00. The van der Waals surface area contributed by atoms with Crippen molar-refractivity contribution in [2.45, 2.75) is 13.3 Å². The lowest BCUT2D eigenvalue weighted by molar-refractivity contribution is 0.0976. The number of nitrogens with zero attached hydrogens (tertiary/aromatic N) is 2. The zero-order valence-electron chi connectivity index (χ0n) is 17.0. The van der Waals surface area contributed by atoms with Gasteiger partial charge in [0.1, 0.15) is 0 Å². The molecule has 0 saturated heterocycles. The number of benzene rings is 2. The van der Waals surface area contributed by atoms with Crippen LogP contribution in [0.25, 0.3) is 10.9 Å². The fourth-order valence-corrected chi connectivity index (χ4v) is 3.46. The smallest absolute Gasteiger partial charge is 0.259 e. The number of carbonyl (C=O) groups excluding carboxylic acids is 1. The summed E-state index contributed by atoms with van der Waals surface area (Å²) in [5.74, 6) is 0.0742. The fraction of sp³-hybridized carbons (Fsp3) is 0.125. The zero-order chi connectivity index (χ0) is 21.6. The van der Waals surface area contributed by atoms with Gasteiger partial charge in [-0.3, -0.25) is 20.1 Å². The maximum absolute atomic E-state index is 12.7. The van der Waals surface area contributed by atoms with E-state index in [0.717, 1.165) is 23.2 Å². The number of para-hydroxylation sites is 1. The van der Waals surface area contributed by atoms with Gasteiger partial charge in [0.25, 0.3) is 5.91 Å². The summed E-state index contributed by atoms with van der Waals surface area (Å²) in [4.78, 5) is 24.6. The first-order valence-electron chi connectivity index (χ1n) is 9.95. The Morgan fingerprint density at radius 2 is 2.00 bits per heavy atom. The Morgan fingerprint density at radius 3 is 2.84 bits per heavy atom. The minimum atomic E-state index is -0.286. The average Bonchev–Trinajstić information content (AvgIpc) is 3.20. The Bertz CT molecular complexity index is 1230. The molecule has 0 aliphatic carbocycles. The largest absolute Gasteiger partial charge is 0.361 e. The molecule has 0 fully saturated rings. The van der Waals surface area contributed by atoms with Gasteiger partial charge < -0.3 is 10.3 Å². The summed E-state index contributed by atoms with van der Waals surface area (Å²) in [5.41, 5.74) is 4.39. The number of carbonyl (C=O) groups is 1. The highest BCUT2D eigenvalue weighted by molar-refractivity contribution is 6.31. The van der Waals surface area contributed by atoms with E-state index in [2.05, 4.69) is 31.7 Å². The van der Waals surface area contributed by atoms with Crippen LogP contribution in [0.3, 0.4) is 0 Å². The Kier molecular flexibility index (Phi) is 6.29. The summed E-state index contributed by atoms with van der Waals surface area (Å²) < 4.78 is 0. The lowest BCUT2D eigenvalue weighted by atomic mass is 10.1. The van der Waals surface area contributed by atoms with E-state index in [9.17, 15) is 4.79 Å². The first-order chi connectivity index (χ1) is 15.1. The van der Waals surface area contributed by atoms with E-state index in [1.54, 1.807) is 18.3 Å². The third kappa shape index (κ3) is 4.92. The topological polar surface area (TPSA) is 82.2 Å². The van der Waals surface area contributed by atoms with Crippen molar-refractivity contribution < 1.29 is 4.79 Å². The van der Waals surface area contributed by atoms with E-state index in [1.165, 1.54) is 17.1 Å². The second kappa shape index (κ2) is 9.45. The van der Waals surface area contributed by atoms with Gasteiger partial charge in [-0.15, -0.1) is 0 Å². The molecule has 1 amide bonds. The first-order valence-corrected chi connectivity index (χ1v) is 10.3. The van der Waals surface area contributed by atoms with Crippen molar-refractivity contribution >= 4 is 40.1 Å². The SMILES string of the molecule is Cc1c(Cl)cccc1NC(=NCCc1c[nH]c2ccccc12)NC(=O)c1cccnc1. The van der Waals surface area contributed by atoms with E-state index in [0.29, 0.717) is 23.1 Å². The van der Waals surface area contributed by atoms with Crippen molar-refractivity contribution in [2.24, 2.45) is 4.99 Å². The molecule has 6 nitrogen and oxygen atoms in total. The second-order valence-corrected chi connectivity index (χ2v) is 7.48. The van der Waals surface area contributed by atoms with E-state index < -0.39 is 0 Å².